The van der Waals surface area contributed by atoms with Crippen molar-refractivity contribution in [2.45, 2.75) is 30.8 Å². The summed E-state index contributed by atoms with van der Waals surface area (Å²) in [4.78, 5) is 30.4. The molecule has 2 aromatic heterocycles. The van der Waals surface area contributed by atoms with Crippen molar-refractivity contribution in [3.63, 3.8) is 0 Å². The Labute approximate surface area is 120 Å². The smallest absolute Gasteiger partial charge is 0.329 e. The first-order valence-corrected chi connectivity index (χ1v) is 7.18. The van der Waals surface area contributed by atoms with Gasteiger partial charge in [-0.3, -0.25) is 14.3 Å². The van der Waals surface area contributed by atoms with Gasteiger partial charge in [0.2, 0.25) is 0 Å². The fraction of sp³-hybridized carbons (Fsp3) is 0.583. The van der Waals surface area contributed by atoms with E-state index >= 15 is 0 Å². The minimum Gasteiger partial charge on any atom is -0.383 e. The summed E-state index contributed by atoms with van der Waals surface area (Å²) < 4.78 is 8.24. The van der Waals surface area contributed by atoms with Crippen LogP contribution in [0.1, 0.15) is 13.8 Å². The van der Waals surface area contributed by atoms with Crippen LogP contribution in [0.3, 0.4) is 0 Å². The number of aryl methyl sites for hydroxylation is 1. The van der Waals surface area contributed by atoms with Crippen molar-refractivity contribution >= 4 is 22.9 Å². The Bertz CT molecular complexity index is 729. The molecule has 0 bridgehead atoms. The second-order valence-corrected chi connectivity index (χ2v) is 6.24. The number of nitrogens with one attached hydrogen (secondary N) is 1. The number of methoxy groups -OCH3 is 1. The van der Waals surface area contributed by atoms with Gasteiger partial charge in [-0.1, -0.05) is 25.6 Å². The van der Waals surface area contributed by atoms with Crippen LogP contribution >= 0.6 is 11.8 Å². The first kappa shape index (κ1) is 14.9. The highest BCUT2D eigenvalue weighted by molar-refractivity contribution is 7.99. The van der Waals surface area contributed by atoms with Gasteiger partial charge >= 0.3 is 5.69 Å². The van der Waals surface area contributed by atoms with E-state index < -0.39 is 11.2 Å². The lowest BCUT2D eigenvalue weighted by Gasteiger charge is -2.08. The Morgan fingerprint density at radius 1 is 1.40 bits per heavy atom. The molecule has 0 fully saturated rings. The minimum atomic E-state index is -0.458. The Hall–Kier alpha value is -1.54. The van der Waals surface area contributed by atoms with Crippen molar-refractivity contribution in [1.82, 2.24) is 19.1 Å². The van der Waals surface area contributed by atoms with E-state index in [1.165, 1.54) is 4.57 Å². The number of fused-ring (bicyclic) bond motifs is 1. The lowest BCUT2D eigenvalue weighted by molar-refractivity contribution is 0.186. The number of aromatic nitrogens is 4. The maximum absolute atomic E-state index is 12.1. The first-order chi connectivity index (χ1) is 9.45. The van der Waals surface area contributed by atoms with E-state index in [9.17, 15) is 9.59 Å². The molecule has 0 saturated heterocycles. The molecule has 1 N–H and O–H groups in total. The fourth-order valence-corrected chi connectivity index (χ4v) is 2.78. The number of hydrogen-bond acceptors (Lipinski definition) is 5. The lowest BCUT2D eigenvalue weighted by Crippen LogP contribution is -2.29. The van der Waals surface area contributed by atoms with Gasteiger partial charge in [0, 0.05) is 26.0 Å². The number of rotatable bonds is 5. The summed E-state index contributed by atoms with van der Waals surface area (Å²) in [5.41, 5.74) is -0.0624. The van der Waals surface area contributed by atoms with Crippen LogP contribution in [0.25, 0.3) is 11.2 Å². The third-order valence-electron chi connectivity index (χ3n) is 2.83. The average molecular weight is 298 g/mol. The van der Waals surface area contributed by atoms with Crippen molar-refractivity contribution in [2.24, 2.45) is 7.05 Å². The highest BCUT2D eigenvalue weighted by Crippen LogP contribution is 2.24. The molecule has 0 aliphatic carbocycles. The summed E-state index contributed by atoms with van der Waals surface area (Å²) in [5.74, 6) is 0. The van der Waals surface area contributed by atoms with E-state index in [2.05, 4.69) is 9.97 Å². The summed E-state index contributed by atoms with van der Waals surface area (Å²) >= 11 is 1.55. The molecule has 20 heavy (non-hydrogen) atoms. The standard InChI is InChI=1S/C12H18N4O3S/c1-7(2)20-12-13-9-8(16(12)5-6-19-4)10(17)14-11(18)15(9)3/h7H,5-6H2,1-4H3,(H,14,17,18). The lowest BCUT2D eigenvalue weighted by atomic mass is 10.5. The zero-order valence-electron chi connectivity index (χ0n) is 12.0. The second kappa shape index (κ2) is 5.84. The zero-order chi connectivity index (χ0) is 14.9. The van der Waals surface area contributed by atoms with Gasteiger partial charge in [0.1, 0.15) is 0 Å². The van der Waals surface area contributed by atoms with Gasteiger partial charge in [-0.15, -0.1) is 0 Å². The molecule has 0 unspecified atom stereocenters. The summed E-state index contributed by atoms with van der Waals surface area (Å²) in [7, 11) is 3.20. The molecule has 0 aromatic carbocycles. The van der Waals surface area contributed by atoms with E-state index in [0.29, 0.717) is 29.6 Å². The molecule has 0 aliphatic heterocycles. The number of aromatic amines is 1. The minimum absolute atomic E-state index is 0.323. The van der Waals surface area contributed by atoms with Crippen LogP contribution in [-0.4, -0.2) is 38.1 Å². The highest BCUT2D eigenvalue weighted by atomic mass is 32.2. The molecule has 2 heterocycles. The summed E-state index contributed by atoms with van der Waals surface area (Å²) in [6.07, 6.45) is 0. The van der Waals surface area contributed by atoms with Crippen LogP contribution in [0.15, 0.2) is 14.7 Å². The van der Waals surface area contributed by atoms with Gasteiger partial charge in [-0.25, -0.2) is 9.78 Å². The molecule has 0 amide bonds. The number of H-pyrrole nitrogens is 1. The SMILES string of the molecule is COCCn1c(SC(C)C)nc2c1c(=O)[nH]c(=O)n2C. The molecule has 0 spiro atoms. The molecule has 2 rings (SSSR count). The number of nitrogens with zero attached hydrogens (tertiary/aromatic N) is 3. The number of ether oxygens (including phenoxy) is 1. The highest BCUT2D eigenvalue weighted by Gasteiger charge is 2.18. The van der Waals surface area contributed by atoms with Crippen LogP contribution in [-0.2, 0) is 18.3 Å². The first-order valence-electron chi connectivity index (χ1n) is 6.30. The van der Waals surface area contributed by atoms with E-state index in [4.69, 9.17) is 4.74 Å². The Balaban J connectivity index is 2.72. The zero-order valence-corrected chi connectivity index (χ0v) is 12.8. The molecule has 8 heteroatoms. The summed E-state index contributed by atoms with van der Waals surface area (Å²) in [6, 6.07) is 0. The molecule has 2 aromatic rings. The number of imidazole rings is 1. The van der Waals surface area contributed by atoms with Gasteiger partial charge in [0.05, 0.1) is 6.61 Å². The topological polar surface area (TPSA) is 81.9 Å². The Kier molecular flexibility index (Phi) is 4.34. The Morgan fingerprint density at radius 3 is 2.70 bits per heavy atom. The largest absolute Gasteiger partial charge is 0.383 e. The molecular weight excluding hydrogens is 280 g/mol. The maximum atomic E-state index is 12.1. The second-order valence-electron chi connectivity index (χ2n) is 4.70. The number of hydrogen-bond donors (Lipinski definition) is 1. The monoisotopic (exact) mass is 298 g/mol. The van der Waals surface area contributed by atoms with Crippen molar-refractivity contribution in [3.8, 4) is 0 Å². The van der Waals surface area contributed by atoms with Gasteiger partial charge in [0.15, 0.2) is 16.3 Å². The normalized spacial score (nSPS) is 11.7. The molecule has 0 radical (unpaired) electrons. The fourth-order valence-electron chi connectivity index (χ4n) is 1.91. The van der Waals surface area contributed by atoms with Crippen molar-refractivity contribution in [2.75, 3.05) is 13.7 Å². The molecule has 0 aliphatic rings. The van der Waals surface area contributed by atoms with Gasteiger partial charge < -0.3 is 9.30 Å². The predicted molar refractivity (Wildman–Crippen MR) is 78.5 cm³/mol. The van der Waals surface area contributed by atoms with Crippen LogP contribution in [0, 0.1) is 0 Å². The molecule has 110 valence electrons. The van der Waals surface area contributed by atoms with E-state index in [-0.39, 0.29) is 0 Å². The molecular formula is C12H18N4O3S. The summed E-state index contributed by atoms with van der Waals surface area (Å²) in [6.45, 7) is 5.09. The average Bonchev–Trinajstić information content (AvgIpc) is 2.72. The van der Waals surface area contributed by atoms with Crippen molar-refractivity contribution in [3.05, 3.63) is 20.8 Å². The summed E-state index contributed by atoms with van der Waals surface area (Å²) in [5, 5.41) is 1.04. The maximum Gasteiger partial charge on any atom is 0.329 e. The van der Waals surface area contributed by atoms with Crippen molar-refractivity contribution in [1.29, 1.82) is 0 Å². The van der Waals surface area contributed by atoms with Gasteiger partial charge in [-0.05, 0) is 0 Å². The quantitative estimate of drug-likeness (QED) is 0.816. The van der Waals surface area contributed by atoms with E-state index in [0.717, 1.165) is 5.16 Å². The molecule has 0 atom stereocenters. The Morgan fingerprint density at radius 2 is 2.10 bits per heavy atom. The van der Waals surface area contributed by atoms with Crippen molar-refractivity contribution < 1.29 is 4.74 Å². The third-order valence-corrected chi connectivity index (χ3v) is 3.83. The van der Waals surface area contributed by atoms with E-state index in [1.54, 1.807) is 25.9 Å². The third kappa shape index (κ3) is 2.66. The predicted octanol–water partition coefficient (Wildman–Crippen LogP) is 0.570. The number of thioether (sulfide) groups is 1. The molecule has 0 saturated carbocycles. The van der Waals surface area contributed by atoms with Gasteiger partial charge in [0.25, 0.3) is 5.56 Å². The molecule has 7 nitrogen and oxygen atoms in total. The van der Waals surface area contributed by atoms with Crippen LogP contribution in [0.4, 0.5) is 0 Å². The van der Waals surface area contributed by atoms with E-state index in [1.807, 2.05) is 18.4 Å². The van der Waals surface area contributed by atoms with Crippen LogP contribution in [0.5, 0.6) is 0 Å². The van der Waals surface area contributed by atoms with Crippen LogP contribution < -0.4 is 11.2 Å². The van der Waals surface area contributed by atoms with Crippen LogP contribution in [0.2, 0.25) is 0 Å². The van der Waals surface area contributed by atoms with Gasteiger partial charge in [-0.2, -0.15) is 0 Å².